The van der Waals surface area contributed by atoms with Crippen molar-refractivity contribution < 1.29 is 4.42 Å². The largest absolute Gasteiger partial charge is 0.456 e. The molecule has 5 aromatic carbocycles. The number of furan rings is 1. The van der Waals surface area contributed by atoms with Gasteiger partial charge in [-0.1, -0.05) is 109 Å². The predicted octanol–water partition coefficient (Wildman–Crippen LogP) is 8.99. The van der Waals surface area contributed by atoms with E-state index < -0.39 is 0 Å². The lowest BCUT2D eigenvalue weighted by Gasteiger charge is -2.10. The number of benzene rings is 5. The van der Waals surface area contributed by atoms with Gasteiger partial charge in [0.25, 0.3) is 0 Å². The van der Waals surface area contributed by atoms with E-state index >= 15 is 0 Å². The molecule has 0 aliphatic heterocycles. The second-order valence-corrected chi connectivity index (χ2v) is 9.91. The fourth-order valence-electron chi connectivity index (χ4n) is 5.42. The average molecular weight is 527 g/mol. The molecule has 0 saturated carbocycles. The van der Waals surface area contributed by atoms with Crippen molar-refractivity contribution in [1.29, 1.82) is 0 Å². The third kappa shape index (κ3) is 4.03. The molecule has 0 radical (unpaired) electrons. The predicted molar refractivity (Wildman–Crippen MR) is 164 cm³/mol. The van der Waals surface area contributed by atoms with Gasteiger partial charge in [-0.2, -0.15) is 0 Å². The lowest BCUT2D eigenvalue weighted by molar-refractivity contribution is 0.669. The van der Waals surface area contributed by atoms with Gasteiger partial charge in [0.1, 0.15) is 11.2 Å². The molecule has 8 rings (SSSR count). The monoisotopic (exact) mass is 526 g/mol. The Labute approximate surface area is 235 Å². The molecule has 41 heavy (non-hydrogen) atoms. The van der Waals surface area contributed by atoms with Crippen LogP contribution >= 0.6 is 0 Å². The third-order valence-corrected chi connectivity index (χ3v) is 7.39. The lowest BCUT2D eigenvalue weighted by Crippen LogP contribution is -2.00. The quantitative estimate of drug-likeness (QED) is 0.229. The molecule has 0 saturated heterocycles. The van der Waals surface area contributed by atoms with E-state index in [1.54, 1.807) is 0 Å². The van der Waals surface area contributed by atoms with Gasteiger partial charge in [0, 0.05) is 33.7 Å². The van der Waals surface area contributed by atoms with Gasteiger partial charge in [0.05, 0.1) is 10.9 Å². The van der Waals surface area contributed by atoms with Crippen molar-refractivity contribution in [2.75, 3.05) is 0 Å². The first-order valence-electron chi connectivity index (χ1n) is 13.5. The van der Waals surface area contributed by atoms with Gasteiger partial charge in [0.15, 0.2) is 17.5 Å². The fraction of sp³-hybridized carbons (Fsp3) is 0. The number of rotatable bonds is 4. The van der Waals surface area contributed by atoms with Gasteiger partial charge in [-0.25, -0.2) is 15.0 Å². The summed E-state index contributed by atoms with van der Waals surface area (Å²) in [5.74, 6) is 1.92. The van der Waals surface area contributed by atoms with Crippen molar-refractivity contribution in [1.82, 2.24) is 19.9 Å². The maximum atomic E-state index is 6.26. The summed E-state index contributed by atoms with van der Waals surface area (Å²) in [5.41, 5.74) is 7.57. The molecule has 3 heterocycles. The molecule has 0 N–H and O–H groups in total. The summed E-state index contributed by atoms with van der Waals surface area (Å²) in [5, 5.41) is 3.20. The van der Waals surface area contributed by atoms with E-state index in [0.29, 0.717) is 17.5 Å². The molecule has 8 aromatic rings. The third-order valence-electron chi connectivity index (χ3n) is 7.39. The Morgan fingerprint density at radius 1 is 0.439 bits per heavy atom. The molecular formula is C36H22N4O. The molecule has 0 bridgehead atoms. The Bertz CT molecular complexity index is 2130. The fourth-order valence-corrected chi connectivity index (χ4v) is 5.42. The lowest BCUT2D eigenvalue weighted by atomic mass is 9.97. The van der Waals surface area contributed by atoms with E-state index in [1.165, 1.54) is 0 Å². The highest BCUT2D eigenvalue weighted by atomic mass is 16.3. The first-order chi connectivity index (χ1) is 20.3. The smallest absolute Gasteiger partial charge is 0.164 e. The summed E-state index contributed by atoms with van der Waals surface area (Å²) >= 11 is 0. The number of fused-ring (bicyclic) bond motifs is 5. The highest BCUT2D eigenvalue weighted by Crippen LogP contribution is 2.39. The second-order valence-electron chi connectivity index (χ2n) is 9.91. The van der Waals surface area contributed by atoms with Crippen molar-refractivity contribution in [2.45, 2.75) is 0 Å². The number of hydrogen-bond acceptors (Lipinski definition) is 5. The number of aromatic nitrogens is 4. The van der Waals surface area contributed by atoms with E-state index in [-0.39, 0.29) is 0 Å². The van der Waals surface area contributed by atoms with Gasteiger partial charge in [0.2, 0.25) is 0 Å². The Balaban J connectivity index is 1.27. The maximum Gasteiger partial charge on any atom is 0.164 e. The highest BCUT2D eigenvalue weighted by Gasteiger charge is 2.16. The van der Waals surface area contributed by atoms with Crippen LogP contribution in [-0.2, 0) is 0 Å². The molecular weight excluding hydrogens is 504 g/mol. The zero-order chi connectivity index (χ0) is 27.2. The van der Waals surface area contributed by atoms with Crippen LogP contribution in [0.5, 0.6) is 0 Å². The van der Waals surface area contributed by atoms with Crippen LogP contribution < -0.4 is 0 Å². The van der Waals surface area contributed by atoms with Gasteiger partial charge < -0.3 is 4.42 Å². The SMILES string of the molecule is c1ccc(-c2nc(-c3ccccc3)nc(-c3ccc(-c4cc5oc6ccccc6c5c5ncccc45)cc3)n2)cc1. The zero-order valence-electron chi connectivity index (χ0n) is 21.9. The Morgan fingerprint density at radius 2 is 0.976 bits per heavy atom. The van der Waals surface area contributed by atoms with Crippen LogP contribution in [0.3, 0.4) is 0 Å². The van der Waals surface area contributed by atoms with Crippen LogP contribution in [0.4, 0.5) is 0 Å². The maximum absolute atomic E-state index is 6.26. The molecule has 0 fully saturated rings. The number of para-hydroxylation sites is 1. The molecule has 0 aliphatic rings. The van der Waals surface area contributed by atoms with Crippen LogP contribution in [0.25, 0.3) is 78.1 Å². The van der Waals surface area contributed by atoms with Crippen LogP contribution in [0, 0.1) is 0 Å². The molecule has 0 spiro atoms. The Morgan fingerprint density at radius 3 is 1.63 bits per heavy atom. The molecule has 5 nitrogen and oxygen atoms in total. The topological polar surface area (TPSA) is 64.7 Å². The zero-order valence-corrected chi connectivity index (χ0v) is 21.9. The standard InChI is InChI=1S/C36H22N4O/c1-3-10-24(11-4-1)34-38-35(25-12-5-2-6-13-25)40-36(39-34)26-19-17-23(18-20-26)29-22-31-32(33-27(29)15-9-21-37-33)28-14-7-8-16-30(28)41-31/h1-22H. The van der Waals surface area contributed by atoms with E-state index in [2.05, 4.69) is 42.5 Å². The minimum absolute atomic E-state index is 0.628. The van der Waals surface area contributed by atoms with E-state index in [4.69, 9.17) is 24.4 Å². The number of hydrogen-bond donors (Lipinski definition) is 0. The van der Waals surface area contributed by atoms with Crippen molar-refractivity contribution in [3.63, 3.8) is 0 Å². The summed E-state index contributed by atoms with van der Waals surface area (Å²) in [6.45, 7) is 0. The molecule has 0 atom stereocenters. The first-order valence-corrected chi connectivity index (χ1v) is 13.5. The normalized spacial score (nSPS) is 11.4. The number of pyridine rings is 1. The minimum Gasteiger partial charge on any atom is -0.456 e. The summed E-state index contributed by atoms with van der Waals surface area (Å²) < 4.78 is 6.26. The number of nitrogens with zero attached hydrogens (tertiary/aromatic N) is 4. The van der Waals surface area contributed by atoms with Gasteiger partial charge in [-0.05, 0) is 29.3 Å². The first kappa shape index (κ1) is 23.2. The summed E-state index contributed by atoms with van der Waals surface area (Å²) in [6.07, 6.45) is 1.84. The molecule has 0 unspecified atom stereocenters. The van der Waals surface area contributed by atoms with Crippen LogP contribution in [-0.4, -0.2) is 19.9 Å². The molecule has 0 aliphatic carbocycles. The Hall–Kier alpha value is -5.68. The second kappa shape index (κ2) is 9.50. The summed E-state index contributed by atoms with van der Waals surface area (Å²) in [6, 6.07) is 42.7. The minimum atomic E-state index is 0.628. The summed E-state index contributed by atoms with van der Waals surface area (Å²) in [4.78, 5) is 19.3. The molecule has 3 aromatic heterocycles. The van der Waals surface area contributed by atoms with Crippen molar-refractivity contribution >= 4 is 32.8 Å². The van der Waals surface area contributed by atoms with Crippen LogP contribution in [0.15, 0.2) is 138 Å². The summed E-state index contributed by atoms with van der Waals surface area (Å²) in [7, 11) is 0. The average Bonchev–Trinajstić information content (AvgIpc) is 3.44. The van der Waals surface area contributed by atoms with Gasteiger partial charge >= 0.3 is 0 Å². The van der Waals surface area contributed by atoms with Crippen molar-refractivity contribution in [3.05, 3.63) is 134 Å². The molecule has 5 heteroatoms. The van der Waals surface area contributed by atoms with Gasteiger partial charge in [-0.15, -0.1) is 0 Å². The van der Waals surface area contributed by atoms with Crippen molar-refractivity contribution in [2.24, 2.45) is 0 Å². The van der Waals surface area contributed by atoms with Crippen LogP contribution in [0.2, 0.25) is 0 Å². The van der Waals surface area contributed by atoms with E-state index in [9.17, 15) is 0 Å². The van der Waals surface area contributed by atoms with E-state index in [1.807, 2.05) is 91.1 Å². The Kier molecular flexibility index (Phi) is 5.38. The van der Waals surface area contributed by atoms with E-state index in [0.717, 1.165) is 60.7 Å². The molecule has 0 amide bonds. The molecule has 192 valence electrons. The highest BCUT2D eigenvalue weighted by molar-refractivity contribution is 6.20. The van der Waals surface area contributed by atoms with Crippen molar-refractivity contribution in [3.8, 4) is 45.3 Å². The van der Waals surface area contributed by atoms with Gasteiger partial charge in [-0.3, -0.25) is 4.98 Å². The van der Waals surface area contributed by atoms with Crippen LogP contribution in [0.1, 0.15) is 0 Å².